The van der Waals surface area contributed by atoms with Gasteiger partial charge in [-0.15, -0.1) is 0 Å². The highest BCUT2D eigenvalue weighted by molar-refractivity contribution is 7.80. The first kappa shape index (κ1) is 16.4. The molecule has 1 saturated carbocycles. The Bertz CT molecular complexity index is 530. The molecule has 2 fully saturated rings. The number of nitrogens with zero attached hydrogens (tertiary/aromatic N) is 1. The lowest BCUT2D eigenvalue weighted by atomic mass is 9.83. The molecule has 1 saturated heterocycles. The third-order valence-corrected chi connectivity index (χ3v) is 4.90. The lowest BCUT2D eigenvalue weighted by Crippen LogP contribution is -2.37. The molecule has 1 atom stereocenters. The zero-order valence-electron chi connectivity index (χ0n) is 13.5. The fraction of sp³-hybridized carbons (Fsp3) is 0.556. The summed E-state index contributed by atoms with van der Waals surface area (Å²) in [6.45, 7) is 1.64. The van der Waals surface area contributed by atoms with Crippen LogP contribution in [0.15, 0.2) is 35.4 Å². The molecular weight excluding hydrogens is 306 g/mol. The van der Waals surface area contributed by atoms with E-state index in [4.69, 9.17) is 17.0 Å². The molecule has 0 aromatic heterocycles. The van der Waals surface area contributed by atoms with Crippen LogP contribution in [0, 0.1) is 0 Å². The van der Waals surface area contributed by atoms with Crippen molar-refractivity contribution in [3.8, 4) is 0 Å². The highest BCUT2D eigenvalue weighted by Crippen LogP contribution is 2.31. The van der Waals surface area contributed by atoms with Crippen molar-refractivity contribution >= 4 is 23.0 Å². The van der Waals surface area contributed by atoms with Gasteiger partial charge in [0, 0.05) is 18.9 Å². The van der Waals surface area contributed by atoms with Crippen LogP contribution in [0.3, 0.4) is 0 Å². The van der Waals surface area contributed by atoms with Crippen LogP contribution >= 0.6 is 12.2 Å². The molecule has 2 N–H and O–H groups in total. The largest absolute Gasteiger partial charge is 0.376 e. The number of nitrogens with one attached hydrogen (secondary N) is 2. The summed E-state index contributed by atoms with van der Waals surface area (Å²) in [7, 11) is 0. The maximum atomic E-state index is 5.57. The number of thiocarbonyl (C=S) groups is 1. The van der Waals surface area contributed by atoms with E-state index in [1.165, 1.54) is 24.1 Å². The minimum atomic E-state index is 0.295. The van der Waals surface area contributed by atoms with Gasteiger partial charge < -0.3 is 10.1 Å². The van der Waals surface area contributed by atoms with Crippen molar-refractivity contribution in [1.29, 1.82) is 0 Å². The quantitative estimate of drug-likeness (QED) is 0.656. The van der Waals surface area contributed by atoms with Gasteiger partial charge >= 0.3 is 0 Å². The Hall–Kier alpha value is -1.46. The van der Waals surface area contributed by atoms with Crippen molar-refractivity contribution in [2.24, 2.45) is 5.10 Å². The summed E-state index contributed by atoms with van der Waals surface area (Å²) in [6.07, 6.45) is 6.98. The first-order valence-electron chi connectivity index (χ1n) is 8.57. The third-order valence-electron chi connectivity index (χ3n) is 4.66. The second kappa shape index (κ2) is 8.41. The lowest BCUT2D eigenvalue weighted by Gasteiger charge is -2.23. The fourth-order valence-corrected chi connectivity index (χ4v) is 3.43. The van der Waals surface area contributed by atoms with Crippen LogP contribution in [-0.4, -0.2) is 30.1 Å². The summed E-state index contributed by atoms with van der Waals surface area (Å²) in [6, 6.07) is 10.8. The average Bonchev–Trinajstić information content (AvgIpc) is 3.13. The van der Waals surface area contributed by atoms with Crippen LogP contribution in [0.1, 0.15) is 50.0 Å². The molecule has 124 valence electrons. The summed E-state index contributed by atoms with van der Waals surface area (Å²) in [5.74, 6) is 0.666. The monoisotopic (exact) mass is 331 g/mol. The Morgan fingerprint density at radius 1 is 1.17 bits per heavy atom. The van der Waals surface area contributed by atoms with Crippen LogP contribution in [-0.2, 0) is 4.74 Å². The molecule has 2 aliphatic rings. The number of ether oxygens (including phenoxy) is 1. The Morgan fingerprint density at radius 3 is 2.65 bits per heavy atom. The molecule has 23 heavy (non-hydrogen) atoms. The molecule has 1 aromatic rings. The highest BCUT2D eigenvalue weighted by Gasteiger charge is 2.19. The van der Waals surface area contributed by atoms with Gasteiger partial charge in [-0.2, -0.15) is 5.10 Å². The molecule has 0 spiro atoms. The minimum absolute atomic E-state index is 0.295. The Labute approximate surface area is 143 Å². The van der Waals surface area contributed by atoms with E-state index in [-0.39, 0.29) is 0 Å². The van der Waals surface area contributed by atoms with E-state index in [0.717, 1.165) is 38.8 Å². The summed E-state index contributed by atoms with van der Waals surface area (Å²) < 4.78 is 5.57. The van der Waals surface area contributed by atoms with Crippen molar-refractivity contribution < 1.29 is 4.74 Å². The highest BCUT2D eigenvalue weighted by atomic mass is 32.1. The van der Waals surface area contributed by atoms with Crippen molar-refractivity contribution in [3.05, 3.63) is 35.9 Å². The Morgan fingerprint density at radius 2 is 1.96 bits per heavy atom. The van der Waals surface area contributed by atoms with Crippen molar-refractivity contribution in [2.75, 3.05) is 13.2 Å². The van der Waals surface area contributed by atoms with Gasteiger partial charge in [-0.3, -0.25) is 5.43 Å². The summed E-state index contributed by atoms with van der Waals surface area (Å²) in [5, 5.41) is 8.26. The number of benzene rings is 1. The van der Waals surface area contributed by atoms with Gasteiger partial charge in [0.2, 0.25) is 0 Å². The molecule has 4 nitrogen and oxygen atoms in total. The van der Waals surface area contributed by atoms with Gasteiger partial charge in [-0.05, 0) is 62.2 Å². The molecule has 0 bridgehead atoms. The molecule has 0 unspecified atom stereocenters. The van der Waals surface area contributed by atoms with Crippen molar-refractivity contribution in [2.45, 2.75) is 50.5 Å². The van der Waals surface area contributed by atoms with Crippen molar-refractivity contribution in [1.82, 2.24) is 10.7 Å². The predicted octanol–water partition coefficient (Wildman–Crippen LogP) is 3.34. The lowest BCUT2D eigenvalue weighted by molar-refractivity contribution is 0.114. The Balaban J connectivity index is 1.38. The van der Waals surface area contributed by atoms with Gasteiger partial charge in [0.25, 0.3) is 0 Å². The summed E-state index contributed by atoms with van der Waals surface area (Å²) >= 11 is 5.27. The second-order valence-corrected chi connectivity index (χ2v) is 6.73. The first-order chi connectivity index (χ1) is 11.3. The van der Waals surface area contributed by atoms with E-state index in [1.54, 1.807) is 0 Å². The van der Waals surface area contributed by atoms with Crippen LogP contribution in [0.25, 0.3) is 0 Å². The SMILES string of the molecule is S=C(NC[C@H]1CCCO1)NN=C1CCC(c2ccccc2)CC1. The maximum absolute atomic E-state index is 5.57. The maximum Gasteiger partial charge on any atom is 0.187 e. The normalized spacial score (nSPS) is 24.3. The van der Waals surface area contributed by atoms with Gasteiger partial charge in [0.15, 0.2) is 5.11 Å². The van der Waals surface area contributed by atoms with E-state index < -0.39 is 0 Å². The van der Waals surface area contributed by atoms with E-state index in [9.17, 15) is 0 Å². The zero-order valence-corrected chi connectivity index (χ0v) is 14.3. The molecule has 1 aliphatic carbocycles. The van der Waals surface area contributed by atoms with Crippen LogP contribution in [0.2, 0.25) is 0 Å². The van der Waals surface area contributed by atoms with Crippen LogP contribution in [0.5, 0.6) is 0 Å². The van der Waals surface area contributed by atoms with Crippen molar-refractivity contribution in [3.63, 3.8) is 0 Å². The van der Waals surface area contributed by atoms with Gasteiger partial charge in [0.05, 0.1) is 6.10 Å². The van der Waals surface area contributed by atoms with Gasteiger partial charge in [-0.1, -0.05) is 30.3 Å². The smallest absolute Gasteiger partial charge is 0.187 e. The van der Waals surface area contributed by atoms with Gasteiger partial charge in [-0.25, -0.2) is 0 Å². The number of hydrazone groups is 1. The third kappa shape index (κ3) is 5.01. The molecule has 5 heteroatoms. The van der Waals surface area contributed by atoms with E-state index >= 15 is 0 Å². The topological polar surface area (TPSA) is 45.6 Å². The standard InChI is InChI=1S/C18H25N3OS/c23-18(19-13-17-7-4-12-22-17)21-20-16-10-8-15(9-11-16)14-5-2-1-3-6-14/h1-3,5-6,15,17H,4,7-13H2,(H2,19,21,23)/t15?,17-/m1/s1. The fourth-order valence-electron chi connectivity index (χ4n) is 3.30. The second-order valence-electron chi connectivity index (χ2n) is 6.32. The predicted molar refractivity (Wildman–Crippen MR) is 97.8 cm³/mol. The van der Waals surface area contributed by atoms with Gasteiger partial charge in [0.1, 0.15) is 0 Å². The minimum Gasteiger partial charge on any atom is -0.376 e. The van der Waals surface area contributed by atoms with E-state index in [0.29, 0.717) is 17.1 Å². The summed E-state index contributed by atoms with van der Waals surface area (Å²) in [4.78, 5) is 0. The average molecular weight is 331 g/mol. The zero-order chi connectivity index (χ0) is 15.9. The summed E-state index contributed by atoms with van der Waals surface area (Å²) in [5.41, 5.74) is 5.66. The molecule has 0 amide bonds. The van der Waals surface area contributed by atoms with E-state index in [2.05, 4.69) is 46.2 Å². The first-order valence-corrected chi connectivity index (χ1v) is 8.98. The van der Waals surface area contributed by atoms with Crippen LogP contribution in [0.4, 0.5) is 0 Å². The molecule has 3 rings (SSSR count). The molecule has 1 aliphatic heterocycles. The Kier molecular flexibility index (Phi) is 6.00. The van der Waals surface area contributed by atoms with Crippen LogP contribution < -0.4 is 10.7 Å². The molecule has 0 radical (unpaired) electrons. The molecule has 1 aromatic carbocycles. The number of hydrogen-bond donors (Lipinski definition) is 2. The number of hydrogen-bond acceptors (Lipinski definition) is 3. The van der Waals surface area contributed by atoms with E-state index in [1.807, 2.05) is 0 Å². The molecular formula is C18H25N3OS. The molecule has 1 heterocycles. The number of rotatable bonds is 4.